The third kappa shape index (κ3) is 3.86. The fourth-order valence-electron chi connectivity index (χ4n) is 2.53. The van der Waals surface area contributed by atoms with Crippen LogP contribution in [0.5, 0.6) is 0 Å². The van der Waals surface area contributed by atoms with Crippen molar-refractivity contribution in [1.82, 2.24) is 15.0 Å². The molecule has 0 fully saturated rings. The number of nitrogens with zero attached hydrogens (tertiary/aromatic N) is 1. The molecule has 1 aliphatic heterocycles. The Kier molecular flexibility index (Phi) is 4.84. The summed E-state index contributed by atoms with van der Waals surface area (Å²) in [5.41, 5.74) is 0.579. The largest absolute Gasteiger partial charge is 0.476 e. The van der Waals surface area contributed by atoms with Crippen LogP contribution in [0.1, 0.15) is 21.1 Å². The summed E-state index contributed by atoms with van der Waals surface area (Å²) in [5.74, 6) is -1.52. The van der Waals surface area contributed by atoms with E-state index in [0.717, 1.165) is 0 Å². The van der Waals surface area contributed by atoms with Crippen LogP contribution in [0.2, 0.25) is 0 Å². The number of fused-ring (bicyclic) bond motifs is 1. The van der Waals surface area contributed by atoms with Crippen LogP contribution in [0.25, 0.3) is 0 Å². The predicted molar refractivity (Wildman–Crippen MR) is 90.0 cm³/mol. The molecule has 0 spiro atoms. The highest BCUT2D eigenvalue weighted by molar-refractivity contribution is 7.89. The number of nitrogens with one attached hydrogen (secondary N) is 2. The molecular formula is C15H15N3O5S2. The smallest absolute Gasteiger partial charge is 0.355 e. The number of carboxylic acid groups (broad SMARTS) is 1. The Morgan fingerprint density at radius 3 is 2.84 bits per heavy atom. The number of rotatable bonds is 5. The van der Waals surface area contributed by atoms with Crippen LogP contribution >= 0.6 is 11.3 Å². The maximum absolute atomic E-state index is 12.3. The number of hydrogen-bond donors (Lipinski definition) is 3. The van der Waals surface area contributed by atoms with E-state index in [-0.39, 0.29) is 23.6 Å². The van der Waals surface area contributed by atoms with Gasteiger partial charge in [-0.1, -0.05) is 18.2 Å². The standard InChI is InChI=1S/C15H15N3O5S2/c19-14(16-6-5-13-17-11(8-24-13)15(20)21)10-7-9-3-1-2-4-12(9)25(22,23)18-10/h1-4,8,10,18H,5-7H2,(H,16,19)(H,20,21)/t10-/m1/s1. The number of aromatic nitrogens is 1. The molecule has 0 bridgehead atoms. The van der Waals surface area contributed by atoms with Crippen molar-refractivity contribution in [1.29, 1.82) is 0 Å². The van der Waals surface area contributed by atoms with E-state index in [9.17, 15) is 18.0 Å². The van der Waals surface area contributed by atoms with Gasteiger partial charge in [-0.25, -0.2) is 18.2 Å². The third-order valence-corrected chi connectivity index (χ3v) is 6.19. The molecule has 3 N–H and O–H groups in total. The molecule has 1 aliphatic rings. The molecule has 3 rings (SSSR count). The Bertz CT molecular complexity index is 923. The van der Waals surface area contributed by atoms with Crippen LogP contribution in [0.15, 0.2) is 34.5 Å². The van der Waals surface area contributed by atoms with Crippen molar-refractivity contribution in [3.8, 4) is 0 Å². The molecule has 0 saturated heterocycles. The first-order valence-electron chi connectivity index (χ1n) is 7.42. The summed E-state index contributed by atoms with van der Waals surface area (Å²) in [6.07, 6.45) is 0.654. The zero-order valence-electron chi connectivity index (χ0n) is 12.9. The lowest BCUT2D eigenvalue weighted by Crippen LogP contribution is -2.50. The van der Waals surface area contributed by atoms with Crippen LogP contribution in [0.4, 0.5) is 0 Å². The number of thiazole rings is 1. The topological polar surface area (TPSA) is 125 Å². The fraction of sp³-hybridized carbons (Fsp3) is 0.267. The predicted octanol–water partition coefficient (Wildman–Crippen LogP) is 0.403. The first-order chi connectivity index (χ1) is 11.9. The maximum Gasteiger partial charge on any atom is 0.355 e. The number of benzene rings is 1. The molecule has 132 valence electrons. The Labute approximate surface area is 148 Å². The number of sulfonamides is 1. The summed E-state index contributed by atoms with van der Waals surface area (Å²) in [7, 11) is -3.71. The fourth-order valence-corrected chi connectivity index (χ4v) is 4.75. The van der Waals surface area contributed by atoms with Gasteiger partial charge in [0.2, 0.25) is 15.9 Å². The molecule has 0 unspecified atom stereocenters. The maximum atomic E-state index is 12.3. The van der Waals surface area contributed by atoms with Crippen LogP contribution in [0.3, 0.4) is 0 Å². The Morgan fingerprint density at radius 2 is 2.12 bits per heavy atom. The lowest BCUT2D eigenvalue weighted by Gasteiger charge is -2.25. The van der Waals surface area contributed by atoms with Crippen LogP contribution in [0, 0.1) is 0 Å². The van der Waals surface area contributed by atoms with Crippen LogP contribution < -0.4 is 10.0 Å². The van der Waals surface area contributed by atoms with E-state index >= 15 is 0 Å². The highest BCUT2D eigenvalue weighted by Crippen LogP contribution is 2.22. The third-order valence-electron chi connectivity index (χ3n) is 3.71. The van der Waals surface area contributed by atoms with E-state index < -0.39 is 27.9 Å². The molecular weight excluding hydrogens is 366 g/mol. The van der Waals surface area contributed by atoms with Gasteiger partial charge < -0.3 is 10.4 Å². The van der Waals surface area contributed by atoms with Gasteiger partial charge >= 0.3 is 5.97 Å². The molecule has 25 heavy (non-hydrogen) atoms. The average molecular weight is 381 g/mol. The highest BCUT2D eigenvalue weighted by atomic mass is 32.2. The molecule has 1 aromatic heterocycles. The van der Waals surface area contributed by atoms with Gasteiger partial charge in [0.05, 0.1) is 9.90 Å². The minimum atomic E-state index is -3.71. The minimum Gasteiger partial charge on any atom is -0.476 e. The molecule has 8 nitrogen and oxygen atoms in total. The molecule has 0 saturated carbocycles. The van der Waals surface area contributed by atoms with Crippen LogP contribution in [-0.4, -0.2) is 43.0 Å². The van der Waals surface area contributed by atoms with Crippen molar-refractivity contribution < 1.29 is 23.1 Å². The van der Waals surface area contributed by atoms with Crippen molar-refractivity contribution in [2.75, 3.05) is 6.54 Å². The van der Waals surface area contributed by atoms with Crippen molar-refractivity contribution in [2.45, 2.75) is 23.8 Å². The molecule has 0 radical (unpaired) electrons. The Balaban J connectivity index is 1.60. The number of hydrogen-bond acceptors (Lipinski definition) is 6. The molecule has 1 atom stereocenters. The van der Waals surface area contributed by atoms with E-state index in [4.69, 9.17) is 5.11 Å². The van der Waals surface area contributed by atoms with Gasteiger partial charge in [-0.15, -0.1) is 11.3 Å². The summed E-state index contributed by atoms with van der Waals surface area (Å²) < 4.78 is 26.8. The van der Waals surface area contributed by atoms with E-state index in [2.05, 4.69) is 15.0 Å². The summed E-state index contributed by atoms with van der Waals surface area (Å²) >= 11 is 1.20. The number of carboxylic acids is 1. The number of aromatic carboxylic acids is 1. The minimum absolute atomic E-state index is 0.0250. The zero-order valence-corrected chi connectivity index (χ0v) is 14.6. The summed E-state index contributed by atoms with van der Waals surface area (Å²) in [6.45, 7) is 0.241. The van der Waals surface area contributed by atoms with Gasteiger partial charge in [0.1, 0.15) is 6.04 Å². The van der Waals surface area contributed by atoms with E-state index in [1.54, 1.807) is 18.2 Å². The van der Waals surface area contributed by atoms with E-state index in [1.807, 2.05) is 0 Å². The van der Waals surface area contributed by atoms with Crippen LogP contribution in [-0.2, 0) is 27.7 Å². The lowest BCUT2D eigenvalue weighted by molar-refractivity contribution is -0.122. The van der Waals surface area contributed by atoms with Crippen molar-refractivity contribution in [3.63, 3.8) is 0 Å². The van der Waals surface area contributed by atoms with Gasteiger partial charge in [0.15, 0.2) is 5.69 Å². The second-order valence-electron chi connectivity index (χ2n) is 5.46. The monoisotopic (exact) mass is 381 g/mol. The average Bonchev–Trinajstić information content (AvgIpc) is 3.03. The van der Waals surface area contributed by atoms with Gasteiger partial charge in [0.25, 0.3) is 0 Å². The molecule has 2 heterocycles. The summed E-state index contributed by atoms with van der Waals surface area (Å²) in [6, 6.07) is 5.70. The first-order valence-corrected chi connectivity index (χ1v) is 9.79. The quantitative estimate of drug-likeness (QED) is 0.688. The highest BCUT2D eigenvalue weighted by Gasteiger charge is 2.33. The second-order valence-corrected chi connectivity index (χ2v) is 8.08. The van der Waals surface area contributed by atoms with Gasteiger partial charge in [-0.2, -0.15) is 4.72 Å². The SMILES string of the molecule is O=C(O)c1csc(CCNC(=O)[C@H]2Cc3ccccc3S(=O)(=O)N2)n1. The first kappa shape index (κ1) is 17.5. The molecule has 0 aliphatic carbocycles. The number of amides is 1. The summed E-state index contributed by atoms with van der Waals surface area (Å²) in [5, 5.41) is 13.5. The van der Waals surface area contributed by atoms with Gasteiger partial charge in [-0.05, 0) is 18.1 Å². The molecule has 2 aromatic rings. The molecule has 1 amide bonds. The van der Waals surface area contributed by atoms with Crippen molar-refractivity contribution in [2.24, 2.45) is 0 Å². The molecule has 1 aromatic carbocycles. The summed E-state index contributed by atoms with van der Waals surface area (Å²) in [4.78, 5) is 27.1. The van der Waals surface area contributed by atoms with E-state index in [0.29, 0.717) is 17.0 Å². The Hall–Kier alpha value is -2.30. The number of carbonyl (C=O) groups is 2. The van der Waals surface area contributed by atoms with Gasteiger partial charge in [0, 0.05) is 18.3 Å². The number of carbonyl (C=O) groups excluding carboxylic acids is 1. The normalized spacial score (nSPS) is 18.3. The second kappa shape index (κ2) is 6.90. The Morgan fingerprint density at radius 1 is 1.36 bits per heavy atom. The molecule has 10 heteroatoms. The van der Waals surface area contributed by atoms with Crippen molar-refractivity contribution in [3.05, 3.63) is 45.9 Å². The zero-order chi connectivity index (χ0) is 18.0. The van der Waals surface area contributed by atoms with Crippen molar-refractivity contribution >= 4 is 33.2 Å². The lowest BCUT2D eigenvalue weighted by atomic mass is 10.1. The van der Waals surface area contributed by atoms with E-state index in [1.165, 1.54) is 22.8 Å². The van der Waals surface area contributed by atoms with Gasteiger partial charge in [-0.3, -0.25) is 4.79 Å².